The topological polar surface area (TPSA) is 87.6 Å². The first-order valence-corrected chi connectivity index (χ1v) is 14.0. The predicted octanol–water partition coefficient (Wildman–Crippen LogP) is 7.57. The highest BCUT2D eigenvalue weighted by atomic mass is 15.2. The number of H-pyrrole nitrogens is 1. The number of hydrogen-bond donors (Lipinski definition) is 2. The first-order chi connectivity index (χ1) is 21.3. The molecule has 2 N–H and O–H groups in total. The maximum atomic E-state index is 9.35. The lowest BCUT2D eigenvalue weighted by Gasteiger charge is -2.09. The fourth-order valence-electron chi connectivity index (χ4n) is 5.87. The van der Waals surface area contributed by atoms with E-state index >= 15 is 0 Å². The normalized spacial score (nSPS) is 12.0. The Kier molecular flexibility index (Phi) is 5.79. The summed E-state index contributed by atoms with van der Waals surface area (Å²) in [5.74, 6) is 0.809. The van der Waals surface area contributed by atoms with Crippen molar-refractivity contribution in [2.45, 2.75) is 0 Å². The largest absolute Gasteiger partial charge is 0.346 e. The van der Waals surface area contributed by atoms with E-state index in [4.69, 9.17) is 4.99 Å². The Morgan fingerprint density at radius 2 is 1.42 bits per heavy atom. The lowest BCUT2D eigenvalue weighted by Crippen LogP contribution is -2.17. The van der Waals surface area contributed by atoms with Gasteiger partial charge in [-0.15, -0.1) is 0 Å². The molecule has 0 bridgehead atoms. The van der Waals surface area contributed by atoms with Crippen LogP contribution in [0.4, 0.5) is 0 Å². The van der Waals surface area contributed by atoms with Gasteiger partial charge in [0.25, 0.3) is 0 Å². The van der Waals surface area contributed by atoms with Gasteiger partial charge in [0.1, 0.15) is 5.49 Å². The van der Waals surface area contributed by atoms with E-state index in [0.29, 0.717) is 11.3 Å². The molecule has 0 aliphatic rings. The first kappa shape index (κ1) is 24.7. The van der Waals surface area contributed by atoms with E-state index in [2.05, 4.69) is 68.2 Å². The third-order valence-corrected chi connectivity index (χ3v) is 7.82. The molecule has 0 saturated carbocycles. The monoisotopic (exact) mass is 555 g/mol. The molecule has 4 aromatic carbocycles. The standard InChI is InChI=1S/C36H25N7/c37-36(41-35-27(11-6-20-40-35)24-13-15-25(16-14-24)34-38-21-7-22-39-34)43-32-12-5-4-10-28(32)29-17-18-31-30(33(29)43)19-23-42(31)26-8-2-1-3-9-26/h1-23H,(H2,37,40,41). The van der Waals surface area contributed by atoms with Crippen LogP contribution in [0.25, 0.3) is 60.9 Å². The molecular formula is C36H25N7. The van der Waals surface area contributed by atoms with E-state index in [9.17, 15) is 5.41 Å². The second-order valence-electron chi connectivity index (χ2n) is 10.3. The molecule has 204 valence electrons. The summed E-state index contributed by atoms with van der Waals surface area (Å²) < 4.78 is 4.15. The summed E-state index contributed by atoms with van der Waals surface area (Å²) in [5.41, 5.74) is 7.49. The third kappa shape index (κ3) is 4.14. The zero-order valence-corrected chi connectivity index (χ0v) is 23.0. The van der Waals surface area contributed by atoms with Gasteiger partial charge in [-0.05, 0) is 54.1 Å². The quantitative estimate of drug-likeness (QED) is 0.174. The van der Waals surface area contributed by atoms with Gasteiger partial charge in [0.15, 0.2) is 5.82 Å². The Hall–Kier alpha value is -6.08. The molecule has 8 rings (SSSR count). The number of aromatic nitrogens is 5. The molecule has 0 radical (unpaired) electrons. The maximum absolute atomic E-state index is 9.35. The first-order valence-electron chi connectivity index (χ1n) is 14.0. The maximum Gasteiger partial charge on any atom is 0.229 e. The van der Waals surface area contributed by atoms with Crippen molar-refractivity contribution in [3.8, 4) is 28.2 Å². The number of hydrogen-bond acceptors (Lipinski definition) is 3. The molecule has 0 unspecified atom stereocenters. The molecule has 8 aromatic rings. The Morgan fingerprint density at radius 1 is 0.651 bits per heavy atom. The number of nitrogens with one attached hydrogen (secondary N) is 2. The molecule has 0 aliphatic heterocycles. The number of para-hydroxylation sites is 2. The third-order valence-electron chi connectivity index (χ3n) is 7.82. The SMILES string of the molecule is N=C(/N=c1\[nH]cccc1-c1ccc(-c2ncccn2)cc1)n1c2ccccc2c2ccc3c(ccn3-c3ccccc3)c21. The van der Waals surface area contributed by atoms with Crippen LogP contribution in [0.2, 0.25) is 0 Å². The lowest BCUT2D eigenvalue weighted by molar-refractivity contribution is 1.10. The second kappa shape index (κ2) is 10.1. The average Bonchev–Trinajstić information content (AvgIpc) is 3.66. The average molecular weight is 556 g/mol. The predicted molar refractivity (Wildman–Crippen MR) is 172 cm³/mol. The number of fused-ring (bicyclic) bond motifs is 5. The Labute approximate surface area is 246 Å². The van der Waals surface area contributed by atoms with Crippen LogP contribution >= 0.6 is 0 Å². The number of aromatic amines is 1. The molecule has 0 saturated heterocycles. The van der Waals surface area contributed by atoms with Crippen LogP contribution in [0, 0.1) is 5.41 Å². The van der Waals surface area contributed by atoms with Crippen molar-refractivity contribution in [3.05, 3.63) is 146 Å². The van der Waals surface area contributed by atoms with Crippen molar-refractivity contribution in [1.82, 2.24) is 24.1 Å². The van der Waals surface area contributed by atoms with Crippen LogP contribution in [-0.4, -0.2) is 30.0 Å². The zero-order chi connectivity index (χ0) is 28.8. The molecule has 0 fully saturated rings. The molecule has 4 heterocycles. The van der Waals surface area contributed by atoms with Gasteiger partial charge in [0, 0.05) is 57.8 Å². The lowest BCUT2D eigenvalue weighted by atomic mass is 10.0. The van der Waals surface area contributed by atoms with Crippen molar-refractivity contribution in [2.75, 3.05) is 0 Å². The van der Waals surface area contributed by atoms with Gasteiger partial charge in [-0.1, -0.05) is 66.7 Å². The zero-order valence-electron chi connectivity index (χ0n) is 23.0. The Bertz CT molecular complexity index is 2340. The molecule has 0 amide bonds. The number of benzene rings is 4. The highest BCUT2D eigenvalue weighted by Crippen LogP contribution is 2.35. The molecule has 0 atom stereocenters. The smallest absolute Gasteiger partial charge is 0.229 e. The summed E-state index contributed by atoms with van der Waals surface area (Å²) in [6.45, 7) is 0. The minimum atomic E-state index is 0.129. The summed E-state index contributed by atoms with van der Waals surface area (Å²) in [6.07, 6.45) is 7.41. The Morgan fingerprint density at radius 3 is 2.26 bits per heavy atom. The van der Waals surface area contributed by atoms with E-state index in [1.54, 1.807) is 18.5 Å². The van der Waals surface area contributed by atoms with E-state index in [1.165, 1.54) is 0 Å². The highest BCUT2D eigenvalue weighted by molar-refractivity contribution is 6.21. The summed E-state index contributed by atoms with van der Waals surface area (Å²) >= 11 is 0. The molecule has 4 aromatic heterocycles. The van der Waals surface area contributed by atoms with E-state index in [0.717, 1.165) is 55.1 Å². The van der Waals surface area contributed by atoms with Crippen LogP contribution in [0.5, 0.6) is 0 Å². The molecule has 7 nitrogen and oxygen atoms in total. The van der Waals surface area contributed by atoms with Crippen LogP contribution in [0.3, 0.4) is 0 Å². The van der Waals surface area contributed by atoms with Gasteiger partial charge < -0.3 is 9.55 Å². The van der Waals surface area contributed by atoms with Crippen molar-refractivity contribution in [2.24, 2.45) is 4.99 Å². The van der Waals surface area contributed by atoms with Gasteiger partial charge in [-0.3, -0.25) is 9.98 Å². The van der Waals surface area contributed by atoms with Crippen molar-refractivity contribution < 1.29 is 0 Å². The highest BCUT2D eigenvalue weighted by Gasteiger charge is 2.18. The van der Waals surface area contributed by atoms with E-state index < -0.39 is 0 Å². The minimum Gasteiger partial charge on any atom is -0.346 e. The van der Waals surface area contributed by atoms with Crippen LogP contribution in [0.1, 0.15) is 0 Å². The summed E-state index contributed by atoms with van der Waals surface area (Å²) in [6, 6.07) is 38.8. The van der Waals surface area contributed by atoms with E-state index in [1.807, 2.05) is 77.5 Å². The fraction of sp³-hybridized carbons (Fsp3) is 0. The minimum absolute atomic E-state index is 0.129. The van der Waals surface area contributed by atoms with Crippen molar-refractivity contribution in [3.63, 3.8) is 0 Å². The van der Waals surface area contributed by atoms with Gasteiger partial charge in [0.2, 0.25) is 5.96 Å². The Balaban J connectivity index is 1.29. The second-order valence-corrected chi connectivity index (χ2v) is 10.3. The van der Waals surface area contributed by atoms with E-state index in [-0.39, 0.29) is 5.96 Å². The fourth-order valence-corrected chi connectivity index (χ4v) is 5.87. The van der Waals surface area contributed by atoms with Crippen LogP contribution < -0.4 is 5.49 Å². The summed E-state index contributed by atoms with van der Waals surface area (Å²) in [5, 5.41) is 12.6. The molecular weight excluding hydrogens is 530 g/mol. The number of rotatable bonds is 3. The van der Waals surface area contributed by atoms with Crippen molar-refractivity contribution >= 4 is 38.7 Å². The number of nitrogens with zero attached hydrogens (tertiary/aromatic N) is 5. The van der Waals surface area contributed by atoms with Gasteiger partial charge >= 0.3 is 0 Å². The summed E-state index contributed by atoms with van der Waals surface area (Å²) in [7, 11) is 0. The van der Waals surface area contributed by atoms with Crippen molar-refractivity contribution in [1.29, 1.82) is 5.41 Å². The van der Waals surface area contributed by atoms with Gasteiger partial charge in [-0.25, -0.2) is 9.97 Å². The number of pyridine rings is 1. The van der Waals surface area contributed by atoms with Crippen LogP contribution in [0.15, 0.2) is 145 Å². The van der Waals surface area contributed by atoms with Crippen LogP contribution in [-0.2, 0) is 0 Å². The molecule has 7 heteroatoms. The molecule has 0 aliphatic carbocycles. The molecule has 0 spiro atoms. The van der Waals surface area contributed by atoms with Gasteiger partial charge in [-0.2, -0.15) is 4.99 Å². The van der Waals surface area contributed by atoms with Gasteiger partial charge in [0.05, 0.1) is 16.6 Å². The molecule has 43 heavy (non-hydrogen) atoms. The summed E-state index contributed by atoms with van der Waals surface area (Å²) in [4.78, 5) is 16.9.